The van der Waals surface area contributed by atoms with E-state index in [9.17, 15) is 4.39 Å². The number of aromatic amines is 2. The van der Waals surface area contributed by atoms with Crippen molar-refractivity contribution in [2.75, 3.05) is 7.11 Å². The van der Waals surface area contributed by atoms with Crippen LogP contribution in [-0.2, 0) is 0 Å². The summed E-state index contributed by atoms with van der Waals surface area (Å²) in [6.45, 7) is 2.05. The summed E-state index contributed by atoms with van der Waals surface area (Å²) in [4.78, 5) is 12.3. The fraction of sp³-hybridized carbons (Fsp3) is 0.0741. The normalized spacial score (nSPS) is 11.4. The number of methoxy groups -OCH3 is 1. The summed E-state index contributed by atoms with van der Waals surface area (Å²) in [7, 11) is 1.52. The number of benzene rings is 2. The van der Waals surface area contributed by atoms with Gasteiger partial charge < -0.3 is 9.72 Å². The molecule has 0 spiro atoms. The molecule has 0 atom stereocenters. The van der Waals surface area contributed by atoms with E-state index in [0.29, 0.717) is 11.3 Å². The number of aromatic nitrogens is 5. The number of ether oxygens (including phenoxy) is 1. The molecule has 34 heavy (non-hydrogen) atoms. The van der Waals surface area contributed by atoms with Crippen LogP contribution in [-0.4, -0.2) is 32.3 Å². The van der Waals surface area contributed by atoms with Gasteiger partial charge in [-0.3, -0.25) is 15.1 Å². The van der Waals surface area contributed by atoms with Crippen LogP contribution in [0.3, 0.4) is 0 Å². The molecule has 7 heteroatoms. The number of pyridine rings is 2. The smallest absolute Gasteiger partial charge is 0.127 e. The minimum atomic E-state index is -0.363. The highest BCUT2D eigenvalue weighted by molar-refractivity contribution is 6.01. The first kappa shape index (κ1) is 20.1. The molecule has 0 unspecified atom stereocenters. The van der Waals surface area contributed by atoms with Gasteiger partial charge in [0.25, 0.3) is 0 Å². The Kier molecular flexibility index (Phi) is 4.62. The monoisotopic (exact) mass is 449 g/mol. The summed E-state index contributed by atoms with van der Waals surface area (Å²) in [5.74, 6) is 0.0936. The maximum atomic E-state index is 14.2. The van der Waals surface area contributed by atoms with E-state index in [1.807, 2.05) is 30.5 Å². The molecule has 166 valence electrons. The molecular weight excluding hydrogens is 429 g/mol. The Balaban J connectivity index is 1.50. The number of hydrogen-bond acceptors (Lipinski definition) is 4. The zero-order chi connectivity index (χ0) is 23.2. The molecule has 0 saturated carbocycles. The predicted octanol–water partition coefficient (Wildman–Crippen LogP) is 6.29. The zero-order valence-electron chi connectivity index (χ0n) is 18.6. The summed E-state index contributed by atoms with van der Waals surface area (Å²) < 4.78 is 19.4. The van der Waals surface area contributed by atoms with Gasteiger partial charge in [0.05, 0.1) is 35.7 Å². The van der Waals surface area contributed by atoms with Crippen LogP contribution < -0.4 is 4.74 Å². The van der Waals surface area contributed by atoms with Crippen molar-refractivity contribution in [2.45, 2.75) is 6.92 Å². The number of nitrogens with zero attached hydrogens (tertiary/aromatic N) is 3. The first-order valence-corrected chi connectivity index (χ1v) is 10.8. The fourth-order valence-electron chi connectivity index (χ4n) is 4.32. The molecule has 4 aromatic heterocycles. The number of fused-ring (bicyclic) bond motifs is 2. The molecule has 4 heterocycles. The first-order chi connectivity index (χ1) is 16.6. The predicted molar refractivity (Wildman–Crippen MR) is 131 cm³/mol. The molecule has 0 aliphatic rings. The molecule has 0 amide bonds. The Bertz CT molecular complexity index is 1680. The Morgan fingerprint density at radius 3 is 2.65 bits per heavy atom. The van der Waals surface area contributed by atoms with Crippen LogP contribution in [0.5, 0.6) is 5.75 Å². The topological polar surface area (TPSA) is 79.5 Å². The second kappa shape index (κ2) is 7.81. The van der Waals surface area contributed by atoms with Crippen LogP contribution in [0.1, 0.15) is 5.56 Å². The molecule has 0 saturated heterocycles. The van der Waals surface area contributed by atoms with Gasteiger partial charge >= 0.3 is 0 Å². The van der Waals surface area contributed by atoms with E-state index in [-0.39, 0.29) is 5.82 Å². The lowest BCUT2D eigenvalue weighted by atomic mass is 10.0. The number of nitrogens with one attached hydrogen (secondary N) is 2. The van der Waals surface area contributed by atoms with Crippen molar-refractivity contribution < 1.29 is 9.13 Å². The van der Waals surface area contributed by atoms with Gasteiger partial charge in [0, 0.05) is 40.4 Å². The summed E-state index contributed by atoms with van der Waals surface area (Å²) in [6.07, 6.45) is 5.31. The SMILES string of the molecule is COc1cc(F)cc(-c2cncc3[nH]c(-c4n[nH]c5ccc(-c6cc(C)ccn6)cc45)cc23)c1. The van der Waals surface area contributed by atoms with Crippen LogP contribution in [0, 0.1) is 12.7 Å². The third-order valence-corrected chi connectivity index (χ3v) is 5.99. The highest BCUT2D eigenvalue weighted by Gasteiger charge is 2.15. The Hall–Kier alpha value is -4.52. The van der Waals surface area contributed by atoms with Crippen LogP contribution >= 0.6 is 0 Å². The Morgan fingerprint density at radius 2 is 1.79 bits per heavy atom. The quantitative estimate of drug-likeness (QED) is 0.331. The van der Waals surface area contributed by atoms with Gasteiger partial charge in [-0.05, 0) is 60.5 Å². The molecule has 0 aliphatic heterocycles. The van der Waals surface area contributed by atoms with Crippen molar-refractivity contribution >= 4 is 21.8 Å². The molecular formula is C27H20FN5O. The molecule has 2 aromatic carbocycles. The lowest BCUT2D eigenvalue weighted by Gasteiger charge is -2.06. The second-order valence-electron chi connectivity index (χ2n) is 8.26. The van der Waals surface area contributed by atoms with E-state index in [1.54, 1.807) is 18.5 Å². The second-order valence-corrected chi connectivity index (χ2v) is 8.26. The zero-order valence-corrected chi connectivity index (χ0v) is 18.6. The van der Waals surface area contributed by atoms with Crippen LogP contribution in [0.25, 0.3) is 55.6 Å². The summed E-state index contributed by atoms with van der Waals surface area (Å²) in [6, 6.07) is 16.9. The van der Waals surface area contributed by atoms with E-state index in [0.717, 1.165) is 55.6 Å². The van der Waals surface area contributed by atoms with E-state index >= 15 is 0 Å². The molecule has 6 nitrogen and oxygen atoms in total. The maximum absolute atomic E-state index is 14.2. The van der Waals surface area contributed by atoms with Gasteiger partial charge in [-0.15, -0.1) is 0 Å². The van der Waals surface area contributed by atoms with Crippen molar-refractivity contribution in [3.8, 4) is 39.5 Å². The molecule has 0 aliphatic carbocycles. The van der Waals surface area contributed by atoms with Crippen LogP contribution in [0.4, 0.5) is 4.39 Å². The highest BCUT2D eigenvalue weighted by atomic mass is 19.1. The van der Waals surface area contributed by atoms with Gasteiger partial charge in [0.1, 0.15) is 17.3 Å². The summed E-state index contributed by atoms with van der Waals surface area (Å²) >= 11 is 0. The van der Waals surface area contributed by atoms with Gasteiger partial charge in [-0.25, -0.2) is 4.39 Å². The molecule has 6 rings (SSSR count). The third-order valence-electron chi connectivity index (χ3n) is 5.99. The van der Waals surface area contributed by atoms with E-state index in [2.05, 4.69) is 44.2 Å². The number of aryl methyl sites for hydroxylation is 1. The van der Waals surface area contributed by atoms with Crippen molar-refractivity contribution in [1.82, 2.24) is 25.1 Å². The van der Waals surface area contributed by atoms with Crippen molar-refractivity contribution in [3.05, 3.63) is 84.6 Å². The van der Waals surface area contributed by atoms with Crippen LogP contribution in [0.2, 0.25) is 0 Å². The van der Waals surface area contributed by atoms with Gasteiger partial charge in [0.15, 0.2) is 0 Å². The first-order valence-electron chi connectivity index (χ1n) is 10.8. The average molecular weight is 449 g/mol. The van der Waals surface area contributed by atoms with Gasteiger partial charge in [-0.1, -0.05) is 6.07 Å². The Labute approximate surface area is 194 Å². The number of halogens is 1. The van der Waals surface area contributed by atoms with Crippen molar-refractivity contribution in [1.29, 1.82) is 0 Å². The van der Waals surface area contributed by atoms with Gasteiger partial charge in [-0.2, -0.15) is 5.10 Å². The molecule has 2 N–H and O–H groups in total. The lowest BCUT2D eigenvalue weighted by molar-refractivity contribution is 0.411. The lowest BCUT2D eigenvalue weighted by Crippen LogP contribution is -1.88. The summed E-state index contributed by atoms with van der Waals surface area (Å²) in [5.41, 5.74) is 7.99. The highest BCUT2D eigenvalue weighted by Crippen LogP contribution is 2.35. The largest absolute Gasteiger partial charge is 0.497 e. The number of H-pyrrole nitrogens is 2. The average Bonchev–Trinajstić information content (AvgIpc) is 3.47. The molecule has 0 radical (unpaired) electrons. The van der Waals surface area contributed by atoms with Gasteiger partial charge in [0.2, 0.25) is 0 Å². The van der Waals surface area contributed by atoms with E-state index in [1.165, 1.54) is 19.2 Å². The minimum absolute atomic E-state index is 0.363. The third kappa shape index (κ3) is 3.38. The van der Waals surface area contributed by atoms with E-state index < -0.39 is 0 Å². The van der Waals surface area contributed by atoms with Crippen molar-refractivity contribution in [3.63, 3.8) is 0 Å². The fourth-order valence-corrected chi connectivity index (χ4v) is 4.32. The molecule has 6 aromatic rings. The number of hydrogen-bond donors (Lipinski definition) is 2. The minimum Gasteiger partial charge on any atom is -0.497 e. The van der Waals surface area contributed by atoms with Crippen molar-refractivity contribution in [2.24, 2.45) is 0 Å². The van der Waals surface area contributed by atoms with Crippen LogP contribution in [0.15, 0.2) is 73.2 Å². The molecule has 0 fully saturated rings. The molecule has 0 bridgehead atoms. The standard InChI is InChI=1S/C27H20FN5O/c1-15-5-6-30-24(7-15)16-3-4-23-21(10-16)27(33-32-23)25-12-20-22(13-29-14-26(20)31-25)17-8-18(28)11-19(9-17)34-2/h3-14,31H,1-2H3,(H,32,33). The maximum Gasteiger partial charge on any atom is 0.127 e. The number of rotatable bonds is 4. The van der Waals surface area contributed by atoms with E-state index in [4.69, 9.17) is 4.74 Å². The summed E-state index contributed by atoms with van der Waals surface area (Å²) in [5, 5.41) is 9.60. The Morgan fingerprint density at radius 1 is 0.882 bits per heavy atom.